The van der Waals surface area contributed by atoms with E-state index in [9.17, 15) is 18.1 Å². The summed E-state index contributed by atoms with van der Waals surface area (Å²) >= 11 is 0. The van der Waals surface area contributed by atoms with Gasteiger partial charge in [-0.3, -0.25) is 0 Å². The summed E-state index contributed by atoms with van der Waals surface area (Å²) in [4.78, 5) is 0. The monoisotopic (exact) mass is 429 g/mol. The molecule has 0 heterocycles. The van der Waals surface area contributed by atoms with E-state index in [0.717, 1.165) is 19.3 Å². The van der Waals surface area contributed by atoms with Crippen molar-refractivity contribution in [3.05, 3.63) is 0 Å². The van der Waals surface area contributed by atoms with E-state index in [1.807, 2.05) is 0 Å². The number of hydrogen-bond acceptors (Lipinski definition) is 5. The van der Waals surface area contributed by atoms with Gasteiger partial charge in [0.15, 0.2) is 0 Å². The SMILES string of the molecule is CCCCCCCCCCCCCCCCCC(O)CNCCS(=O)(=O)[O-].[Na+]. The molecule has 0 bridgehead atoms. The Hall–Kier alpha value is 0.830. The Bertz CT molecular complexity index is 407. The molecule has 0 spiro atoms. The zero-order valence-electron chi connectivity index (χ0n) is 18.6. The summed E-state index contributed by atoms with van der Waals surface area (Å²) in [7, 11) is -4.16. The quantitative estimate of drug-likeness (QED) is 0.165. The first-order valence-electron chi connectivity index (χ1n) is 11.3. The summed E-state index contributed by atoms with van der Waals surface area (Å²) in [5, 5.41) is 12.6. The van der Waals surface area contributed by atoms with Gasteiger partial charge in [-0.05, 0) is 6.42 Å². The molecule has 7 heteroatoms. The van der Waals surface area contributed by atoms with E-state index in [-0.39, 0.29) is 36.1 Å². The van der Waals surface area contributed by atoms with Crippen LogP contribution in [0.1, 0.15) is 110 Å². The molecule has 164 valence electrons. The number of aliphatic hydroxyl groups excluding tert-OH is 1. The van der Waals surface area contributed by atoms with E-state index in [0.29, 0.717) is 6.54 Å². The molecule has 0 saturated carbocycles. The average molecular weight is 430 g/mol. The summed E-state index contributed by atoms with van der Waals surface area (Å²) in [6.07, 6.45) is 20.1. The van der Waals surface area contributed by atoms with Crippen LogP contribution in [-0.2, 0) is 10.1 Å². The Morgan fingerprint density at radius 1 is 0.786 bits per heavy atom. The second-order valence-electron chi connectivity index (χ2n) is 7.86. The van der Waals surface area contributed by atoms with Crippen LogP contribution >= 0.6 is 0 Å². The van der Waals surface area contributed by atoms with Crippen LogP contribution in [0.15, 0.2) is 0 Å². The molecule has 0 fully saturated rings. The predicted octanol–water partition coefficient (Wildman–Crippen LogP) is 1.75. The van der Waals surface area contributed by atoms with Gasteiger partial charge in [0.2, 0.25) is 0 Å². The van der Waals surface area contributed by atoms with Crippen molar-refractivity contribution < 1.29 is 47.6 Å². The first-order chi connectivity index (χ1) is 13.0. The molecule has 2 N–H and O–H groups in total. The summed E-state index contributed by atoms with van der Waals surface area (Å²) in [5.41, 5.74) is 0. The average Bonchev–Trinajstić information content (AvgIpc) is 2.61. The number of rotatable bonds is 21. The van der Waals surface area contributed by atoms with Crippen LogP contribution in [-0.4, -0.2) is 43.0 Å². The number of nitrogens with one attached hydrogen (secondary N) is 1. The molecule has 1 atom stereocenters. The van der Waals surface area contributed by atoms with Gasteiger partial charge in [0, 0.05) is 13.1 Å². The Balaban J connectivity index is 0. The Morgan fingerprint density at radius 2 is 1.18 bits per heavy atom. The van der Waals surface area contributed by atoms with Crippen molar-refractivity contribution >= 4 is 10.1 Å². The summed E-state index contributed by atoms with van der Waals surface area (Å²) in [6.45, 7) is 2.73. The first kappa shape index (κ1) is 31.0. The summed E-state index contributed by atoms with van der Waals surface area (Å²) in [6, 6.07) is 0. The van der Waals surface area contributed by atoms with Crippen molar-refractivity contribution in [2.45, 2.75) is 116 Å². The van der Waals surface area contributed by atoms with Crippen LogP contribution in [0.5, 0.6) is 0 Å². The van der Waals surface area contributed by atoms with Crippen LogP contribution in [0, 0.1) is 0 Å². The van der Waals surface area contributed by atoms with Gasteiger partial charge in [0.25, 0.3) is 0 Å². The molecule has 0 aliphatic heterocycles. The standard InChI is InChI=1S/C21H45NO4S.Na/c1-2-3-4-5-6-7-8-9-10-11-12-13-14-15-16-17-21(23)20-22-18-19-27(24,25)26;/h21-23H,2-20H2,1H3,(H,24,25,26);/q;+1/p-1. The van der Waals surface area contributed by atoms with Crippen molar-refractivity contribution in [1.82, 2.24) is 5.32 Å². The van der Waals surface area contributed by atoms with Crippen LogP contribution in [0.25, 0.3) is 0 Å². The van der Waals surface area contributed by atoms with Crippen molar-refractivity contribution in [1.29, 1.82) is 0 Å². The normalized spacial score (nSPS) is 12.7. The van der Waals surface area contributed by atoms with E-state index < -0.39 is 22.0 Å². The molecule has 0 amide bonds. The summed E-state index contributed by atoms with van der Waals surface area (Å²) < 4.78 is 31.3. The zero-order chi connectivity index (χ0) is 20.2. The van der Waals surface area contributed by atoms with Gasteiger partial charge in [-0.15, -0.1) is 0 Å². The van der Waals surface area contributed by atoms with Gasteiger partial charge in [0.05, 0.1) is 22.0 Å². The van der Waals surface area contributed by atoms with Gasteiger partial charge in [-0.1, -0.05) is 103 Å². The number of aliphatic hydroxyl groups is 1. The van der Waals surface area contributed by atoms with Crippen molar-refractivity contribution in [3.63, 3.8) is 0 Å². The molecule has 0 rings (SSSR count). The van der Waals surface area contributed by atoms with E-state index in [1.165, 1.54) is 83.5 Å². The van der Waals surface area contributed by atoms with Gasteiger partial charge in [-0.2, -0.15) is 0 Å². The Morgan fingerprint density at radius 3 is 1.57 bits per heavy atom. The van der Waals surface area contributed by atoms with E-state index in [1.54, 1.807) is 0 Å². The van der Waals surface area contributed by atoms with E-state index in [4.69, 9.17) is 0 Å². The molecule has 28 heavy (non-hydrogen) atoms. The third kappa shape index (κ3) is 26.8. The van der Waals surface area contributed by atoms with Gasteiger partial charge in [-0.25, -0.2) is 8.42 Å². The van der Waals surface area contributed by atoms with Crippen LogP contribution in [0.3, 0.4) is 0 Å². The molecule has 0 saturated heterocycles. The fraction of sp³-hybridized carbons (Fsp3) is 1.00. The molecule has 0 aromatic rings. The minimum absolute atomic E-state index is 0. The molecule has 0 aromatic carbocycles. The topological polar surface area (TPSA) is 89.5 Å². The minimum Gasteiger partial charge on any atom is -0.748 e. The molecule has 5 nitrogen and oxygen atoms in total. The number of unbranched alkanes of at least 4 members (excludes halogenated alkanes) is 14. The van der Waals surface area contributed by atoms with Gasteiger partial charge < -0.3 is 15.0 Å². The zero-order valence-corrected chi connectivity index (χ0v) is 21.4. The molecule has 1 unspecified atom stereocenters. The van der Waals surface area contributed by atoms with Crippen LogP contribution < -0.4 is 34.9 Å². The van der Waals surface area contributed by atoms with Gasteiger partial charge in [0.1, 0.15) is 0 Å². The third-order valence-corrected chi connectivity index (χ3v) is 5.75. The minimum atomic E-state index is -4.16. The number of hydrogen-bond donors (Lipinski definition) is 2. The molecular weight excluding hydrogens is 385 g/mol. The van der Waals surface area contributed by atoms with Crippen LogP contribution in [0.4, 0.5) is 0 Å². The van der Waals surface area contributed by atoms with E-state index >= 15 is 0 Å². The maximum Gasteiger partial charge on any atom is 1.00 e. The third-order valence-electron chi connectivity index (χ3n) is 5.05. The van der Waals surface area contributed by atoms with Gasteiger partial charge >= 0.3 is 29.6 Å². The largest absolute Gasteiger partial charge is 1.00 e. The first-order valence-corrected chi connectivity index (χ1v) is 12.9. The maximum absolute atomic E-state index is 10.4. The van der Waals surface area contributed by atoms with Crippen molar-refractivity contribution in [2.75, 3.05) is 18.8 Å². The Labute approximate surface area is 196 Å². The second kappa shape index (κ2) is 22.5. The second-order valence-corrected chi connectivity index (χ2v) is 9.38. The smallest absolute Gasteiger partial charge is 0.748 e. The molecular formula is C21H44NNaO4S. The Kier molecular flexibility index (Phi) is 24.9. The molecule has 0 aromatic heterocycles. The van der Waals surface area contributed by atoms with E-state index in [2.05, 4.69) is 12.2 Å². The fourth-order valence-corrected chi connectivity index (χ4v) is 3.71. The molecule has 0 aliphatic carbocycles. The van der Waals surface area contributed by atoms with Crippen molar-refractivity contribution in [2.24, 2.45) is 0 Å². The van der Waals surface area contributed by atoms with Crippen molar-refractivity contribution in [3.8, 4) is 0 Å². The van der Waals surface area contributed by atoms with Crippen LogP contribution in [0.2, 0.25) is 0 Å². The fourth-order valence-electron chi connectivity index (χ4n) is 3.32. The molecule has 0 aliphatic rings. The summed E-state index contributed by atoms with van der Waals surface area (Å²) in [5.74, 6) is -0.418. The molecule has 0 radical (unpaired) electrons. The maximum atomic E-state index is 10.4. The predicted molar refractivity (Wildman–Crippen MR) is 113 cm³/mol.